The Hall–Kier alpha value is -2.36. The molecule has 0 unspecified atom stereocenters. The zero-order valence-electron chi connectivity index (χ0n) is 14.4. The number of nitrogens with two attached hydrogens (primary N) is 1. The molecule has 0 aliphatic carbocycles. The Morgan fingerprint density at radius 1 is 1.05 bits per heavy atom. The third-order valence-electron chi connectivity index (χ3n) is 3.12. The highest BCUT2D eigenvalue weighted by atomic mass is 15.0. The SMILES string of the molecule is CC.CC.Cc1cnc(N)nc1-c1c(C)[nH]c2ccccc12.[HH]. The van der Waals surface area contributed by atoms with Crippen molar-refractivity contribution < 1.29 is 1.43 Å². The van der Waals surface area contributed by atoms with E-state index in [1.165, 1.54) is 0 Å². The van der Waals surface area contributed by atoms with Crippen LogP contribution in [0.15, 0.2) is 30.5 Å². The normalized spacial score (nSPS) is 9.55. The summed E-state index contributed by atoms with van der Waals surface area (Å²) in [6.07, 6.45) is 1.76. The van der Waals surface area contributed by atoms with Gasteiger partial charge in [0, 0.05) is 29.8 Å². The summed E-state index contributed by atoms with van der Waals surface area (Å²) >= 11 is 0. The summed E-state index contributed by atoms with van der Waals surface area (Å²) in [5, 5.41) is 1.16. The van der Waals surface area contributed by atoms with Gasteiger partial charge in [-0.2, -0.15) is 0 Å². The van der Waals surface area contributed by atoms with E-state index in [2.05, 4.69) is 27.1 Å². The smallest absolute Gasteiger partial charge is 0.220 e. The third-order valence-corrected chi connectivity index (χ3v) is 3.12. The number of benzene rings is 1. The first-order chi connectivity index (χ1) is 10.7. The van der Waals surface area contributed by atoms with E-state index in [1.807, 2.05) is 53.7 Å². The van der Waals surface area contributed by atoms with Crippen molar-refractivity contribution >= 4 is 16.9 Å². The number of nitrogens with one attached hydrogen (secondary N) is 1. The number of aromatic amines is 1. The highest BCUT2D eigenvalue weighted by molar-refractivity contribution is 5.97. The molecule has 120 valence electrons. The minimum atomic E-state index is 0. The molecule has 3 N–H and O–H groups in total. The maximum Gasteiger partial charge on any atom is 0.220 e. The van der Waals surface area contributed by atoms with Crippen LogP contribution in [0.25, 0.3) is 22.2 Å². The van der Waals surface area contributed by atoms with E-state index in [0.29, 0.717) is 5.95 Å². The van der Waals surface area contributed by atoms with E-state index >= 15 is 0 Å². The number of nitrogen functional groups attached to an aromatic ring is 1. The van der Waals surface area contributed by atoms with Gasteiger partial charge in [0.05, 0.1) is 5.69 Å². The minimum absolute atomic E-state index is 0. The molecule has 0 aliphatic heterocycles. The molecule has 0 saturated heterocycles. The summed E-state index contributed by atoms with van der Waals surface area (Å²) in [6.45, 7) is 12.0. The fraction of sp³-hybridized carbons (Fsp3) is 0.333. The van der Waals surface area contributed by atoms with E-state index < -0.39 is 0 Å². The largest absolute Gasteiger partial charge is 0.368 e. The summed E-state index contributed by atoms with van der Waals surface area (Å²) < 4.78 is 0. The quantitative estimate of drug-likeness (QED) is 0.655. The number of H-pyrrole nitrogens is 1. The summed E-state index contributed by atoms with van der Waals surface area (Å²) in [5.41, 5.74) is 10.9. The van der Waals surface area contributed by atoms with E-state index in [9.17, 15) is 0 Å². The molecule has 3 aromatic rings. The molecule has 0 bridgehead atoms. The molecule has 1 aromatic carbocycles. The second kappa shape index (κ2) is 8.17. The summed E-state index contributed by atoms with van der Waals surface area (Å²) in [5.74, 6) is 0.306. The highest BCUT2D eigenvalue weighted by Gasteiger charge is 2.14. The number of hydrogen-bond donors (Lipinski definition) is 2. The lowest BCUT2D eigenvalue weighted by Gasteiger charge is -2.05. The van der Waals surface area contributed by atoms with E-state index in [4.69, 9.17) is 5.73 Å². The molecular weight excluding hydrogens is 272 g/mol. The first kappa shape index (κ1) is 17.7. The van der Waals surface area contributed by atoms with Gasteiger partial charge < -0.3 is 10.7 Å². The van der Waals surface area contributed by atoms with Gasteiger partial charge in [0.1, 0.15) is 0 Å². The molecule has 4 nitrogen and oxygen atoms in total. The van der Waals surface area contributed by atoms with Crippen LogP contribution in [0, 0.1) is 13.8 Å². The first-order valence-electron chi connectivity index (χ1n) is 7.83. The number of rotatable bonds is 1. The van der Waals surface area contributed by atoms with Crippen LogP contribution in [0.1, 0.15) is 40.4 Å². The van der Waals surface area contributed by atoms with Gasteiger partial charge in [-0.15, -0.1) is 0 Å². The van der Waals surface area contributed by atoms with Gasteiger partial charge in [0.2, 0.25) is 5.95 Å². The van der Waals surface area contributed by atoms with Crippen LogP contribution in [0.5, 0.6) is 0 Å². The van der Waals surface area contributed by atoms with Crippen molar-refractivity contribution in [1.29, 1.82) is 0 Å². The molecule has 0 radical (unpaired) electrons. The lowest BCUT2D eigenvalue weighted by Crippen LogP contribution is -1.98. The van der Waals surface area contributed by atoms with Crippen molar-refractivity contribution in [3.05, 3.63) is 41.7 Å². The Morgan fingerprint density at radius 3 is 2.36 bits per heavy atom. The monoisotopic (exact) mass is 300 g/mol. The maximum atomic E-state index is 5.70. The number of hydrogen-bond acceptors (Lipinski definition) is 3. The minimum Gasteiger partial charge on any atom is -0.368 e. The van der Waals surface area contributed by atoms with Crippen LogP contribution in [-0.2, 0) is 0 Å². The summed E-state index contributed by atoms with van der Waals surface area (Å²) in [7, 11) is 0. The molecule has 0 saturated carbocycles. The van der Waals surface area contributed by atoms with Crippen molar-refractivity contribution in [2.24, 2.45) is 0 Å². The number of aryl methyl sites for hydroxylation is 2. The first-order valence-corrected chi connectivity index (χ1v) is 7.83. The van der Waals surface area contributed by atoms with Crippen molar-refractivity contribution in [3.8, 4) is 11.3 Å². The molecule has 4 heteroatoms. The number of aromatic nitrogens is 3. The number of anilines is 1. The zero-order chi connectivity index (χ0) is 16.7. The standard InChI is InChI=1S/C14H14N4.2C2H6.H2/c1-8-7-16-14(15)18-13(8)12-9(2)17-11-6-4-3-5-10(11)12;2*1-2;/h3-7,17H,1-2H3,(H2,15,16,18);2*1-2H3;1H. The van der Waals surface area contributed by atoms with Crippen LogP contribution in [0.2, 0.25) is 0 Å². The number of nitrogens with zero attached hydrogens (tertiary/aromatic N) is 2. The Morgan fingerprint density at radius 2 is 1.68 bits per heavy atom. The van der Waals surface area contributed by atoms with Crippen LogP contribution in [-0.4, -0.2) is 15.0 Å². The van der Waals surface area contributed by atoms with Gasteiger partial charge >= 0.3 is 0 Å². The van der Waals surface area contributed by atoms with Gasteiger partial charge in [-0.1, -0.05) is 45.9 Å². The van der Waals surface area contributed by atoms with Crippen molar-refractivity contribution in [3.63, 3.8) is 0 Å². The second-order valence-electron chi connectivity index (χ2n) is 4.43. The Balaban J connectivity index is 0.000000901. The molecule has 2 heterocycles. The lowest BCUT2D eigenvalue weighted by atomic mass is 10.0. The molecule has 0 amide bonds. The number of para-hydroxylation sites is 1. The Bertz CT molecular complexity index is 735. The average Bonchev–Trinajstić information content (AvgIpc) is 2.89. The highest BCUT2D eigenvalue weighted by Crippen LogP contribution is 2.32. The zero-order valence-corrected chi connectivity index (χ0v) is 14.4. The Kier molecular flexibility index (Phi) is 6.57. The molecule has 3 rings (SSSR count). The summed E-state index contributed by atoms with van der Waals surface area (Å²) in [4.78, 5) is 11.8. The summed E-state index contributed by atoms with van der Waals surface area (Å²) in [6, 6.07) is 8.19. The second-order valence-corrected chi connectivity index (χ2v) is 4.43. The van der Waals surface area contributed by atoms with Gasteiger partial charge in [-0.05, 0) is 25.5 Å². The van der Waals surface area contributed by atoms with Gasteiger partial charge in [-0.3, -0.25) is 0 Å². The molecule has 0 fully saturated rings. The Labute approximate surface area is 134 Å². The van der Waals surface area contributed by atoms with Gasteiger partial charge in [0.15, 0.2) is 0 Å². The van der Waals surface area contributed by atoms with E-state index in [0.717, 1.165) is 33.4 Å². The van der Waals surface area contributed by atoms with Crippen LogP contribution in [0.3, 0.4) is 0 Å². The molecule has 0 spiro atoms. The predicted octanol–water partition coefficient (Wildman–Crippen LogP) is 5.12. The van der Waals surface area contributed by atoms with E-state index in [1.54, 1.807) is 6.20 Å². The van der Waals surface area contributed by atoms with Crippen LogP contribution < -0.4 is 5.73 Å². The molecule has 22 heavy (non-hydrogen) atoms. The molecule has 2 aromatic heterocycles. The molecule has 0 aliphatic rings. The van der Waals surface area contributed by atoms with Crippen molar-refractivity contribution in [2.45, 2.75) is 41.5 Å². The van der Waals surface area contributed by atoms with Crippen LogP contribution in [0.4, 0.5) is 5.95 Å². The number of fused-ring (bicyclic) bond motifs is 1. The van der Waals surface area contributed by atoms with Gasteiger partial charge in [-0.25, -0.2) is 9.97 Å². The topological polar surface area (TPSA) is 67.6 Å². The lowest BCUT2D eigenvalue weighted by molar-refractivity contribution is 1.15. The van der Waals surface area contributed by atoms with Crippen molar-refractivity contribution in [1.82, 2.24) is 15.0 Å². The average molecular weight is 300 g/mol. The van der Waals surface area contributed by atoms with Crippen molar-refractivity contribution in [2.75, 3.05) is 5.73 Å². The van der Waals surface area contributed by atoms with Gasteiger partial charge in [0.25, 0.3) is 0 Å². The third kappa shape index (κ3) is 3.45. The fourth-order valence-corrected chi connectivity index (χ4v) is 2.29. The molecular formula is C18H28N4. The fourth-order valence-electron chi connectivity index (χ4n) is 2.29. The van der Waals surface area contributed by atoms with Crippen LogP contribution >= 0.6 is 0 Å². The molecule has 0 atom stereocenters. The van der Waals surface area contributed by atoms with E-state index in [-0.39, 0.29) is 1.43 Å². The predicted molar refractivity (Wildman–Crippen MR) is 98.0 cm³/mol. The maximum absolute atomic E-state index is 5.70.